The Hall–Kier alpha value is -1.36. The summed E-state index contributed by atoms with van der Waals surface area (Å²) in [6.45, 7) is 8.80. The summed E-state index contributed by atoms with van der Waals surface area (Å²) in [5.74, 6) is 1.04. The molecule has 0 bridgehead atoms. The summed E-state index contributed by atoms with van der Waals surface area (Å²) in [7, 11) is 0. The number of hydrogen-bond donors (Lipinski definition) is 1. The van der Waals surface area contributed by atoms with E-state index in [4.69, 9.17) is 4.74 Å². The number of ether oxygens (including phenoxy) is 1. The van der Waals surface area contributed by atoms with Crippen molar-refractivity contribution in [2.24, 2.45) is 5.92 Å². The lowest BCUT2D eigenvalue weighted by Crippen LogP contribution is -2.43. The summed E-state index contributed by atoms with van der Waals surface area (Å²) in [5, 5.41) is 7.29. The molecule has 3 unspecified atom stereocenters. The van der Waals surface area contributed by atoms with Gasteiger partial charge in [0.2, 0.25) is 5.91 Å². The second-order valence-corrected chi connectivity index (χ2v) is 7.23. The molecule has 1 aromatic rings. The van der Waals surface area contributed by atoms with Gasteiger partial charge in [-0.05, 0) is 51.0 Å². The van der Waals surface area contributed by atoms with E-state index < -0.39 is 0 Å². The average Bonchev–Trinajstić information content (AvgIpc) is 3.15. The van der Waals surface area contributed by atoms with Crippen molar-refractivity contribution in [1.82, 2.24) is 15.1 Å². The van der Waals surface area contributed by atoms with Crippen molar-refractivity contribution in [2.75, 3.05) is 19.8 Å². The molecule has 0 radical (unpaired) electrons. The SMILES string of the molecule is Cc1n[nH]c(C)c1C(C)CC(=O)N1CCCC1C1CCCOC1. The maximum Gasteiger partial charge on any atom is 0.223 e. The molecule has 2 aliphatic rings. The highest BCUT2D eigenvalue weighted by Crippen LogP contribution is 2.32. The van der Waals surface area contributed by atoms with Gasteiger partial charge in [-0.3, -0.25) is 9.89 Å². The Labute approximate surface area is 138 Å². The second-order valence-electron chi connectivity index (χ2n) is 7.23. The molecule has 2 saturated heterocycles. The number of H-pyrrole nitrogens is 1. The molecule has 1 N–H and O–H groups in total. The van der Waals surface area contributed by atoms with Crippen LogP contribution in [0.4, 0.5) is 0 Å². The third kappa shape index (κ3) is 3.44. The van der Waals surface area contributed by atoms with Gasteiger partial charge in [-0.25, -0.2) is 0 Å². The zero-order valence-electron chi connectivity index (χ0n) is 14.6. The number of aryl methyl sites for hydroxylation is 2. The standard InChI is InChI=1S/C18H29N3O2/c1-12(18-13(2)19-20-14(18)3)10-17(22)21-8-4-7-16(21)15-6-5-9-23-11-15/h12,15-16H,4-11H2,1-3H3,(H,19,20). The van der Waals surface area contributed by atoms with Gasteiger partial charge in [0.05, 0.1) is 12.3 Å². The summed E-state index contributed by atoms with van der Waals surface area (Å²) in [6.07, 6.45) is 5.17. The van der Waals surface area contributed by atoms with Gasteiger partial charge in [0.1, 0.15) is 0 Å². The molecule has 3 heterocycles. The second kappa shape index (κ2) is 7.04. The number of aromatic amines is 1. The average molecular weight is 319 g/mol. The Balaban J connectivity index is 1.65. The number of rotatable bonds is 4. The van der Waals surface area contributed by atoms with E-state index in [0.29, 0.717) is 24.3 Å². The molecule has 0 aromatic carbocycles. The quantitative estimate of drug-likeness (QED) is 0.928. The van der Waals surface area contributed by atoms with Crippen molar-refractivity contribution in [2.45, 2.75) is 64.8 Å². The number of nitrogens with zero attached hydrogens (tertiary/aromatic N) is 2. The normalized spacial score (nSPS) is 26.5. The molecule has 0 aliphatic carbocycles. The zero-order valence-corrected chi connectivity index (χ0v) is 14.6. The van der Waals surface area contributed by atoms with Crippen LogP contribution >= 0.6 is 0 Å². The fraction of sp³-hybridized carbons (Fsp3) is 0.778. The van der Waals surface area contributed by atoms with Crippen LogP contribution in [-0.2, 0) is 9.53 Å². The first-order chi connectivity index (χ1) is 11.1. The Morgan fingerprint density at radius 3 is 2.87 bits per heavy atom. The fourth-order valence-corrected chi connectivity index (χ4v) is 4.43. The van der Waals surface area contributed by atoms with E-state index in [9.17, 15) is 4.79 Å². The number of amides is 1. The van der Waals surface area contributed by atoms with Crippen LogP contribution in [0.3, 0.4) is 0 Å². The molecule has 1 amide bonds. The Bertz CT molecular complexity index is 529. The molecule has 0 saturated carbocycles. The maximum atomic E-state index is 12.9. The van der Waals surface area contributed by atoms with Crippen LogP contribution in [0.25, 0.3) is 0 Å². The predicted molar refractivity (Wildman–Crippen MR) is 89.4 cm³/mol. The lowest BCUT2D eigenvalue weighted by molar-refractivity contribution is -0.134. The number of carbonyl (C=O) groups excluding carboxylic acids is 1. The van der Waals surface area contributed by atoms with E-state index in [-0.39, 0.29) is 5.92 Å². The maximum absolute atomic E-state index is 12.9. The van der Waals surface area contributed by atoms with Gasteiger partial charge in [-0.15, -0.1) is 0 Å². The van der Waals surface area contributed by atoms with Crippen molar-refractivity contribution in [1.29, 1.82) is 0 Å². The van der Waals surface area contributed by atoms with Gasteiger partial charge in [-0.1, -0.05) is 6.92 Å². The lowest BCUT2D eigenvalue weighted by Gasteiger charge is -2.34. The molecule has 5 heteroatoms. The van der Waals surface area contributed by atoms with E-state index in [1.54, 1.807) is 0 Å². The number of nitrogens with one attached hydrogen (secondary N) is 1. The molecular formula is C18H29N3O2. The third-order valence-corrected chi connectivity index (χ3v) is 5.52. The number of hydrogen-bond acceptors (Lipinski definition) is 3. The van der Waals surface area contributed by atoms with E-state index in [1.165, 1.54) is 12.0 Å². The Morgan fingerprint density at radius 1 is 1.39 bits per heavy atom. The van der Waals surface area contributed by atoms with Crippen LogP contribution in [0.2, 0.25) is 0 Å². The van der Waals surface area contributed by atoms with Gasteiger partial charge in [0.15, 0.2) is 0 Å². The molecule has 3 rings (SSSR count). The topological polar surface area (TPSA) is 58.2 Å². The van der Waals surface area contributed by atoms with Gasteiger partial charge in [-0.2, -0.15) is 5.10 Å². The van der Waals surface area contributed by atoms with Crippen LogP contribution in [0.1, 0.15) is 61.9 Å². The van der Waals surface area contributed by atoms with E-state index >= 15 is 0 Å². The smallest absolute Gasteiger partial charge is 0.223 e. The largest absolute Gasteiger partial charge is 0.381 e. The van der Waals surface area contributed by atoms with Crippen molar-refractivity contribution in [3.8, 4) is 0 Å². The number of carbonyl (C=O) groups is 1. The van der Waals surface area contributed by atoms with E-state index in [0.717, 1.165) is 50.4 Å². The Morgan fingerprint density at radius 2 is 2.22 bits per heavy atom. The lowest BCUT2D eigenvalue weighted by atomic mass is 9.91. The van der Waals surface area contributed by atoms with Crippen LogP contribution in [0, 0.1) is 19.8 Å². The summed E-state index contributed by atoms with van der Waals surface area (Å²) >= 11 is 0. The molecule has 128 valence electrons. The minimum Gasteiger partial charge on any atom is -0.381 e. The minimum absolute atomic E-state index is 0.213. The summed E-state index contributed by atoms with van der Waals surface area (Å²) in [5.41, 5.74) is 3.30. The van der Waals surface area contributed by atoms with Gasteiger partial charge in [0, 0.05) is 37.2 Å². The van der Waals surface area contributed by atoms with Gasteiger partial charge >= 0.3 is 0 Å². The summed E-state index contributed by atoms with van der Waals surface area (Å²) in [6, 6.07) is 0.390. The first-order valence-electron chi connectivity index (χ1n) is 8.96. The highest BCUT2D eigenvalue weighted by molar-refractivity contribution is 5.78. The molecule has 5 nitrogen and oxygen atoms in total. The predicted octanol–water partition coefficient (Wildman–Crippen LogP) is 2.94. The van der Waals surface area contributed by atoms with Crippen LogP contribution in [0.5, 0.6) is 0 Å². The van der Waals surface area contributed by atoms with Gasteiger partial charge in [0.25, 0.3) is 0 Å². The first kappa shape index (κ1) is 16.5. The van der Waals surface area contributed by atoms with Gasteiger partial charge < -0.3 is 9.64 Å². The number of aromatic nitrogens is 2. The van der Waals surface area contributed by atoms with E-state index in [2.05, 4.69) is 22.0 Å². The third-order valence-electron chi connectivity index (χ3n) is 5.52. The minimum atomic E-state index is 0.213. The molecule has 23 heavy (non-hydrogen) atoms. The molecular weight excluding hydrogens is 290 g/mol. The molecule has 3 atom stereocenters. The molecule has 1 aromatic heterocycles. The van der Waals surface area contributed by atoms with Crippen molar-refractivity contribution in [3.05, 3.63) is 17.0 Å². The van der Waals surface area contributed by atoms with Crippen LogP contribution in [0.15, 0.2) is 0 Å². The monoisotopic (exact) mass is 319 g/mol. The van der Waals surface area contributed by atoms with Crippen molar-refractivity contribution >= 4 is 5.91 Å². The summed E-state index contributed by atoms with van der Waals surface area (Å²) in [4.78, 5) is 15.0. The van der Waals surface area contributed by atoms with Crippen LogP contribution < -0.4 is 0 Å². The summed E-state index contributed by atoms with van der Waals surface area (Å²) < 4.78 is 5.64. The highest BCUT2D eigenvalue weighted by atomic mass is 16.5. The number of likely N-dealkylation sites (tertiary alicyclic amines) is 1. The van der Waals surface area contributed by atoms with Crippen molar-refractivity contribution < 1.29 is 9.53 Å². The van der Waals surface area contributed by atoms with Crippen molar-refractivity contribution in [3.63, 3.8) is 0 Å². The fourth-order valence-electron chi connectivity index (χ4n) is 4.43. The molecule has 2 aliphatic heterocycles. The van der Waals surface area contributed by atoms with E-state index in [1.807, 2.05) is 13.8 Å². The molecule has 2 fully saturated rings. The highest BCUT2D eigenvalue weighted by Gasteiger charge is 2.36. The zero-order chi connectivity index (χ0) is 16.4. The first-order valence-corrected chi connectivity index (χ1v) is 8.96. The molecule has 0 spiro atoms. The Kier molecular flexibility index (Phi) is 5.05. The van der Waals surface area contributed by atoms with Crippen LogP contribution in [-0.4, -0.2) is 46.8 Å².